The first kappa shape index (κ1) is 15.4. The summed E-state index contributed by atoms with van der Waals surface area (Å²) >= 11 is 2.07. The minimum Gasteiger partial charge on any atom is -0.366 e. The van der Waals surface area contributed by atoms with Crippen LogP contribution in [0.4, 0.5) is 0 Å². The van der Waals surface area contributed by atoms with Gasteiger partial charge in [0, 0.05) is 23.4 Å². The predicted molar refractivity (Wildman–Crippen MR) is 86.1 cm³/mol. The van der Waals surface area contributed by atoms with Crippen LogP contribution in [0.1, 0.15) is 47.7 Å². The zero-order chi connectivity index (χ0) is 14.5. The summed E-state index contributed by atoms with van der Waals surface area (Å²) in [6.07, 6.45) is 3.93. The van der Waals surface area contributed by atoms with Crippen molar-refractivity contribution in [1.29, 1.82) is 0 Å². The van der Waals surface area contributed by atoms with Gasteiger partial charge in [0.25, 0.3) is 0 Å². The zero-order valence-corrected chi connectivity index (χ0v) is 13.1. The molecule has 1 fully saturated rings. The number of carbonyl (C=O) groups is 1. The second-order valence-electron chi connectivity index (χ2n) is 5.42. The van der Waals surface area contributed by atoms with Gasteiger partial charge in [-0.1, -0.05) is 19.4 Å². The number of rotatable bonds is 6. The third kappa shape index (κ3) is 3.76. The van der Waals surface area contributed by atoms with E-state index >= 15 is 0 Å². The average Bonchev–Trinajstić information content (AvgIpc) is 2.85. The molecule has 0 aromatic heterocycles. The number of amides is 1. The van der Waals surface area contributed by atoms with E-state index in [0.29, 0.717) is 11.6 Å². The van der Waals surface area contributed by atoms with E-state index in [4.69, 9.17) is 5.73 Å². The van der Waals surface area contributed by atoms with E-state index in [1.807, 2.05) is 25.1 Å². The molecule has 1 aromatic rings. The summed E-state index contributed by atoms with van der Waals surface area (Å²) in [6.45, 7) is 5.14. The lowest BCUT2D eigenvalue weighted by atomic mass is 10.0. The fourth-order valence-electron chi connectivity index (χ4n) is 2.86. The molecular formula is C16H24N2OS. The minimum absolute atomic E-state index is 0.359. The maximum absolute atomic E-state index is 11.2. The molecule has 2 atom stereocenters. The summed E-state index contributed by atoms with van der Waals surface area (Å²) in [5.41, 5.74) is 8.27. The van der Waals surface area contributed by atoms with Crippen LogP contribution in [0, 0.1) is 6.92 Å². The van der Waals surface area contributed by atoms with Gasteiger partial charge in [0.05, 0.1) is 0 Å². The number of carbonyl (C=O) groups excluding carboxylic acids is 1. The van der Waals surface area contributed by atoms with Crippen LogP contribution in [0.2, 0.25) is 0 Å². The Bertz CT molecular complexity index is 476. The van der Waals surface area contributed by atoms with E-state index in [1.165, 1.54) is 30.6 Å². The molecule has 2 unspecified atom stereocenters. The van der Waals surface area contributed by atoms with Crippen molar-refractivity contribution in [3.05, 3.63) is 34.9 Å². The number of thioether (sulfide) groups is 1. The quantitative estimate of drug-likeness (QED) is 0.847. The third-order valence-corrected chi connectivity index (χ3v) is 5.34. The molecule has 3 N–H and O–H groups in total. The number of primary amides is 1. The maximum atomic E-state index is 11.2. The van der Waals surface area contributed by atoms with Crippen LogP contribution in [0.15, 0.2) is 18.2 Å². The minimum atomic E-state index is -0.359. The molecule has 0 heterocycles. The van der Waals surface area contributed by atoms with Crippen LogP contribution in [-0.2, 0) is 6.54 Å². The lowest BCUT2D eigenvalue weighted by Crippen LogP contribution is -2.33. The highest BCUT2D eigenvalue weighted by Crippen LogP contribution is 2.30. The van der Waals surface area contributed by atoms with E-state index < -0.39 is 0 Å². The van der Waals surface area contributed by atoms with Crippen molar-refractivity contribution in [2.75, 3.05) is 5.75 Å². The Labute approximate surface area is 125 Å². The molecule has 20 heavy (non-hydrogen) atoms. The first-order valence-corrected chi connectivity index (χ1v) is 8.41. The Morgan fingerprint density at radius 1 is 1.45 bits per heavy atom. The largest absolute Gasteiger partial charge is 0.366 e. The standard InChI is InChI=1S/C16H24N2OS/c1-3-20-15-6-4-5-14(15)18-10-13-8-7-12(16(17)19)9-11(13)2/h7-9,14-15,18H,3-6,10H2,1-2H3,(H2,17,19). The first-order chi connectivity index (χ1) is 9.61. The fourth-order valence-corrected chi connectivity index (χ4v) is 4.09. The molecule has 3 nitrogen and oxygen atoms in total. The predicted octanol–water partition coefficient (Wildman–Crippen LogP) is 2.86. The Hall–Kier alpha value is -1.00. The summed E-state index contributed by atoms with van der Waals surface area (Å²) in [4.78, 5) is 11.2. The molecule has 2 rings (SSSR count). The summed E-state index contributed by atoms with van der Waals surface area (Å²) < 4.78 is 0. The van der Waals surface area contributed by atoms with E-state index in [-0.39, 0.29) is 5.91 Å². The second kappa shape index (κ2) is 7.14. The summed E-state index contributed by atoms with van der Waals surface area (Å²) in [6, 6.07) is 6.33. The molecule has 0 radical (unpaired) electrons. The van der Waals surface area contributed by atoms with Gasteiger partial charge in [0.15, 0.2) is 0 Å². The van der Waals surface area contributed by atoms with Gasteiger partial charge in [-0.05, 0) is 48.8 Å². The SMILES string of the molecule is CCSC1CCCC1NCc1ccc(C(N)=O)cc1C. The van der Waals surface area contributed by atoms with Crippen LogP contribution >= 0.6 is 11.8 Å². The van der Waals surface area contributed by atoms with E-state index in [9.17, 15) is 4.79 Å². The Balaban J connectivity index is 1.95. The van der Waals surface area contributed by atoms with E-state index in [1.54, 1.807) is 0 Å². The highest BCUT2D eigenvalue weighted by Gasteiger charge is 2.26. The van der Waals surface area contributed by atoms with Gasteiger partial charge < -0.3 is 11.1 Å². The van der Waals surface area contributed by atoms with Crippen LogP contribution in [-0.4, -0.2) is 23.0 Å². The molecular weight excluding hydrogens is 268 g/mol. The number of aryl methyl sites for hydroxylation is 1. The van der Waals surface area contributed by atoms with Crippen molar-refractivity contribution in [2.24, 2.45) is 5.73 Å². The molecule has 4 heteroatoms. The third-order valence-electron chi connectivity index (χ3n) is 4.02. The van der Waals surface area contributed by atoms with Gasteiger partial charge in [-0.25, -0.2) is 0 Å². The van der Waals surface area contributed by atoms with Crippen LogP contribution in [0.25, 0.3) is 0 Å². The van der Waals surface area contributed by atoms with Gasteiger partial charge in [0.1, 0.15) is 0 Å². The van der Waals surface area contributed by atoms with Crippen molar-refractivity contribution in [3.63, 3.8) is 0 Å². The van der Waals surface area contributed by atoms with Gasteiger partial charge in [-0.2, -0.15) is 11.8 Å². The number of hydrogen-bond acceptors (Lipinski definition) is 3. The monoisotopic (exact) mass is 292 g/mol. The Morgan fingerprint density at radius 2 is 2.25 bits per heavy atom. The van der Waals surface area contributed by atoms with Gasteiger partial charge in [-0.15, -0.1) is 0 Å². The fraction of sp³-hybridized carbons (Fsp3) is 0.562. The van der Waals surface area contributed by atoms with Crippen LogP contribution in [0.3, 0.4) is 0 Å². The molecule has 0 saturated heterocycles. The van der Waals surface area contributed by atoms with Crippen molar-refractivity contribution < 1.29 is 4.79 Å². The molecule has 0 aliphatic heterocycles. The molecule has 1 aliphatic rings. The normalized spacial score (nSPS) is 22.1. The average molecular weight is 292 g/mol. The number of nitrogens with one attached hydrogen (secondary N) is 1. The van der Waals surface area contributed by atoms with Crippen molar-refractivity contribution >= 4 is 17.7 Å². The molecule has 1 aromatic carbocycles. The van der Waals surface area contributed by atoms with Gasteiger partial charge in [0.2, 0.25) is 5.91 Å². The number of nitrogens with two attached hydrogens (primary N) is 1. The second-order valence-corrected chi connectivity index (χ2v) is 6.93. The van der Waals surface area contributed by atoms with Gasteiger partial charge in [-0.3, -0.25) is 4.79 Å². The van der Waals surface area contributed by atoms with Crippen LogP contribution < -0.4 is 11.1 Å². The summed E-state index contributed by atoms with van der Waals surface area (Å²) in [5, 5.41) is 4.44. The first-order valence-electron chi connectivity index (χ1n) is 7.36. The summed E-state index contributed by atoms with van der Waals surface area (Å²) in [5.74, 6) is 0.831. The van der Waals surface area contributed by atoms with Crippen molar-refractivity contribution in [3.8, 4) is 0 Å². The topological polar surface area (TPSA) is 55.1 Å². The Morgan fingerprint density at radius 3 is 2.90 bits per heavy atom. The Kier molecular flexibility index (Phi) is 5.49. The molecule has 0 bridgehead atoms. The lowest BCUT2D eigenvalue weighted by molar-refractivity contribution is 0.1000. The van der Waals surface area contributed by atoms with Gasteiger partial charge >= 0.3 is 0 Å². The van der Waals surface area contributed by atoms with Crippen LogP contribution in [0.5, 0.6) is 0 Å². The summed E-state index contributed by atoms with van der Waals surface area (Å²) in [7, 11) is 0. The molecule has 0 spiro atoms. The smallest absolute Gasteiger partial charge is 0.248 e. The molecule has 110 valence electrons. The maximum Gasteiger partial charge on any atom is 0.248 e. The van der Waals surface area contributed by atoms with Crippen molar-refractivity contribution in [2.45, 2.75) is 50.9 Å². The molecule has 1 amide bonds. The number of hydrogen-bond donors (Lipinski definition) is 2. The highest BCUT2D eigenvalue weighted by atomic mass is 32.2. The molecule has 1 saturated carbocycles. The van der Waals surface area contributed by atoms with E-state index in [2.05, 4.69) is 24.0 Å². The zero-order valence-electron chi connectivity index (χ0n) is 12.3. The number of benzene rings is 1. The lowest BCUT2D eigenvalue weighted by Gasteiger charge is -2.21. The van der Waals surface area contributed by atoms with Crippen molar-refractivity contribution in [1.82, 2.24) is 5.32 Å². The molecule has 1 aliphatic carbocycles. The van der Waals surface area contributed by atoms with E-state index in [0.717, 1.165) is 17.4 Å². The highest BCUT2D eigenvalue weighted by molar-refractivity contribution is 7.99.